The SMILES string of the molecule is CCn1c(C)nnc1SCC(=O)Nc1ccc(Cl)cn1. The molecule has 2 aromatic rings. The van der Waals surface area contributed by atoms with Gasteiger partial charge in [-0.3, -0.25) is 4.79 Å². The van der Waals surface area contributed by atoms with Gasteiger partial charge in [-0.1, -0.05) is 23.4 Å². The van der Waals surface area contributed by atoms with Crippen LogP contribution in [0.2, 0.25) is 5.02 Å². The number of anilines is 1. The Morgan fingerprint density at radius 3 is 2.90 bits per heavy atom. The van der Waals surface area contributed by atoms with Gasteiger partial charge in [0.05, 0.1) is 10.8 Å². The van der Waals surface area contributed by atoms with Crippen LogP contribution >= 0.6 is 23.4 Å². The first kappa shape index (κ1) is 14.8. The molecule has 0 aliphatic carbocycles. The number of rotatable bonds is 5. The Morgan fingerprint density at radius 1 is 1.45 bits per heavy atom. The van der Waals surface area contributed by atoms with E-state index in [-0.39, 0.29) is 11.7 Å². The summed E-state index contributed by atoms with van der Waals surface area (Å²) in [5, 5.41) is 12.0. The summed E-state index contributed by atoms with van der Waals surface area (Å²) in [7, 11) is 0. The molecule has 106 valence electrons. The molecule has 2 heterocycles. The van der Waals surface area contributed by atoms with Crippen LogP contribution in [0.3, 0.4) is 0 Å². The number of hydrogen-bond acceptors (Lipinski definition) is 5. The first-order valence-corrected chi connectivity index (χ1v) is 7.40. The first-order chi connectivity index (χ1) is 9.60. The zero-order valence-electron chi connectivity index (χ0n) is 11.1. The highest BCUT2D eigenvalue weighted by atomic mass is 35.5. The summed E-state index contributed by atoms with van der Waals surface area (Å²) in [6, 6.07) is 3.33. The van der Waals surface area contributed by atoms with E-state index in [4.69, 9.17) is 11.6 Å². The Kier molecular flexibility index (Phi) is 4.97. The molecule has 0 unspecified atom stereocenters. The van der Waals surface area contributed by atoms with Gasteiger partial charge in [0.15, 0.2) is 5.16 Å². The van der Waals surface area contributed by atoms with Crippen molar-refractivity contribution >= 4 is 35.1 Å². The highest BCUT2D eigenvalue weighted by Crippen LogP contribution is 2.17. The number of nitrogens with one attached hydrogen (secondary N) is 1. The molecule has 0 aromatic carbocycles. The fourth-order valence-corrected chi connectivity index (χ4v) is 2.55. The Labute approximate surface area is 125 Å². The second-order valence-corrected chi connectivity index (χ2v) is 5.35. The lowest BCUT2D eigenvalue weighted by Crippen LogP contribution is -2.15. The molecule has 2 rings (SSSR count). The van der Waals surface area contributed by atoms with Gasteiger partial charge in [-0.2, -0.15) is 0 Å². The number of hydrogen-bond donors (Lipinski definition) is 1. The Hall–Kier alpha value is -1.60. The lowest BCUT2D eigenvalue weighted by Gasteiger charge is -2.05. The third kappa shape index (κ3) is 3.71. The lowest BCUT2D eigenvalue weighted by molar-refractivity contribution is -0.113. The summed E-state index contributed by atoms with van der Waals surface area (Å²) in [4.78, 5) is 15.8. The van der Waals surface area contributed by atoms with Crippen molar-refractivity contribution in [2.45, 2.75) is 25.5 Å². The summed E-state index contributed by atoms with van der Waals surface area (Å²) in [5.74, 6) is 1.43. The molecule has 0 bridgehead atoms. The van der Waals surface area contributed by atoms with Crippen molar-refractivity contribution in [2.75, 3.05) is 11.1 Å². The normalized spacial score (nSPS) is 10.6. The maximum absolute atomic E-state index is 11.8. The van der Waals surface area contributed by atoms with Crippen molar-refractivity contribution in [1.82, 2.24) is 19.7 Å². The van der Waals surface area contributed by atoms with Gasteiger partial charge in [0.2, 0.25) is 5.91 Å². The van der Waals surface area contributed by atoms with E-state index in [0.29, 0.717) is 10.8 Å². The molecule has 0 fully saturated rings. The van der Waals surface area contributed by atoms with E-state index in [9.17, 15) is 4.79 Å². The minimum atomic E-state index is -0.145. The molecule has 0 saturated carbocycles. The van der Waals surface area contributed by atoms with Gasteiger partial charge in [0.1, 0.15) is 11.6 Å². The highest BCUT2D eigenvalue weighted by Gasteiger charge is 2.10. The molecule has 0 saturated heterocycles. The number of carbonyl (C=O) groups excluding carboxylic acids is 1. The molecule has 0 atom stereocenters. The molecular formula is C12H14ClN5OS. The van der Waals surface area contributed by atoms with Gasteiger partial charge >= 0.3 is 0 Å². The van der Waals surface area contributed by atoms with Gasteiger partial charge in [0.25, 0.3) is 0 Å². The number of pyridine rings is 1. The van der Waals surface area contributed by atoms with Crippen molar-refractivity contribution in [3.05, 3.63) is 29.2 Å². The summed E-state index contributed by atoms with van der Waals surface area (Å²) in [6.45, 7) is 4.68. The average molecular weight is 312 g/mol. The van der Waals surface area contributed by atoms with Crippen molar-refractivity contribution in [2.24, 2.45) is 0 Å². The molecule has 0 aliphatic rings. The molecule has 0 spiro atoms. The topological polar surface area (TPSA) is 72.7 Å². The minimum absolute atomic E-state index is 0.145. The predicted molar refractivity (Wildman–Crippen MR) is 79.0 cm³/mol. The van der Waals surface area contributed by atoms with Crippen molar-refractivity contribution < 1.29 is 4.79 Å². The molecular weight excluding hydrogens is 298 g/mol. The zero-order valence-corrected chi connectivity index (χ0v) is 12.7. The van der Waals surface area contributed by atoms with Crippen LogP contribution in [0.5, 0.6) is 0 Å². The lowest BCUT2D eigenvalue weighted by atomic mass is 10.4. The van der Waals surface area contributed by atoms with E-state index in [0.717, 1.165) is 17.5 Å². The van der Waals surface area contributed by atoms with Crippen LogP contribution in [0, 0.1) is 6.92 Å². The third-order valence-corrected chi connectivity index (χ3v) is 3.74. The van der Waals surface area contributed by atoms with Crippen molar-refractivity contribution in [3.63, 3.8) is 0 Å². The van der Waals surface area contributed by atoms with Gasteiger partial charge in [-0.15, -0.1) is 10.2 Å². The van der Waals surface area contributed by atoms with Crippen LogP contribution < -0.4 is 5.32 Å². The molecule has 6 nitrogen and oxygen atoms in total. The maximum atomic E-state index is 11.8. The largest absolute Gasteiger partial charge is 0.310 e. The summed E-state index contributed by atoms with van der Waals surface area (Å²) in [6.07, 6.45) is 1.49. The highest BCUT2D eigenvalue weighted by molar-refractivity contribution is 7.99. The van der Waals surface area contributed by atoms with Crippen LogP contribution in [0.15, 0.2) is 23.5 Å². The minimum Gasteiger partial charge on any atom is -0.310 e. The Morgan fingerprint density at radius 2 is 2.25 bits per heavy atom. The molecule has 1 N–H and O–H groups in total. The van der Waals surface area contributed by atoms with Crippen LogP contribution in [-0.2, 0) is 11.3 Å². The third-order valence-electron chi connectivity index (χ3n) is 2.55. The van der Waals surface area contributed by atoms with Gasteiger partial charge in [-0.05, 0) is 26.0 Å². The van der Waals surface area contributed by atoms with E-state index in [1.54, 1.807) is 12.1 Å². The zero-order chi connectivity index (χ0) is 14.5. The molecule has 1 amide bonds. The molecule has 0 radical (unpaired) electrons. The number of amides is 1. The fourth-order valence-electron chi connectivity index (χ4n) is 1.59. The number of aromatic nitrogens is 4. The summed E-state index contributed by atoms with van der Waals surface area (Å²) < 4.78 is 1.96. The standard InChI is InChI=1S/C12H14ClN5OS/c1-3-18-8(2)16-17-12(18)20-7-11(19)15-10-5-4-9(13)6-14-10/h4-6H,3,7H2,1-2H3,(H,14,15,19). The Balaban J connectivity index is 1.90. The quantitative estimate of drug-likeness (QED) is 0.858. The second kappa shape index (κ2) is 6.71. The summed E-state index contributed by atoms with van der Waals surface area (Å²) >= 11 is 7.07. The van der Waals surface area contributed by atoms with Crippen LogP contribution in [-0.4, -0.2) is 31.4 Å². The van der Waals surface area contributed by atoms with E-state index in [2.05, 4.69) is 20.5 Å². The molecule has 2 aromatic heterocycles. The number of halogens is 1. The number of thioether (sulfide) groups is 1. The van der Waals surface area contributed by atoms with E-state index >= 15 is 0 Å². The van der Waals surface area contributed by atoms with Gasteiger partial charge in [-0.25, -0.2) is 4.98 Å². The smallest absolute Gasteiger partial charge is 0.236 e. The van der Waals surface area contributed by atoms with E-state index in [1.165, 1.54) is 18.0 Å². The fraction of sp³-hybridized carbons (Fsp3) is 0.333. The van der Waals surface area contributed by atoms with E-state index in [1.807, 2.05) is 18.4 Å². The van der Waals surface area contributed by atoms with E-state index < -0.39 is 0 Å². The van der Waals surface area contributed by atoms with Crippen LogP contribution in [0.4, 0.5) is 5.82 Å². The molecule has 0 aliphatic heterocycles. The van der Waals surface area contributed by atoms with Gasteiger partial charge < -0.3 is 9.88 Å². The van der Waals surface area contributed by atoms with Crippen LogP contribution in [0.1, 0.15) is 12.7 Å². The Bertz CT molecular complexity index is 598. The predicted octanol–water partition coefficient (Wildman–Crippen LogP) is 2.39. The number of nitrogens with zero attached hydrogens (tertiary/aromatic N) is 4. The molecule has 20 heavy (non-hydrogen) atoms. The second-order valence-electron chi connectivity index (χ2n) is 3.97. The number of aryl methyl sites for hydroxylation is 1. The number of carbonyl (C=O) groups is 1. The first-order valence-electron chi connectivity index (χ1n) is 6.04. The maximum Gasteiger partial charge on any atom is 0.236 e. The molecule has 8 heteroatoms. The van der Waals surface area contributed by atoms with Gasteiger partial charge in [0, 0.05) is 12.7 Å². The van der Waals surface area contributed by atoms with Crippen LogP contribution in [0.25, 0.3) is 0 Å². The van der Waals surface area contributed by atoms with Crippen molar-refractivity contribution in [3.8, 4) is 0 Å². The average Bonchev–Trinajstić information content (AvgIpc) is 2.79. The monoisotopic (exact) mass is 311 g/mol. The summed E-state index contributed by atoms with van der Waals surface area (Å²) in [5.41, 5.74) is 0. The van der Waals surface area contributed by atoms with Crippen molar-refractivity contribution in [1.29, 1.82) is 0 Å².